The first-order valence-corrected chi connectivity index (χ1v) is 4.67. The highest BCUT2D eigenvalue weighted by Crippen LogP contribution is 2.21. The average molecular weight is 238 g/mol. The molecule has 0 spiro atoms. The fourth-order valence-corrected chi connectivity index (χ4v) is 1.25. The van der Waals surface area contributed by atoms with Gasteiger partial charge in [0.05, 0.1) is 17.6 Å². The Kier molecular flexibility index (Phi) is 2.78. The molecule has 0 saturated heterocycles. The number of nitrogens with two attached hydrogens (primary N) is 1. The van der Waals surface area contributed by atoms with Crippen molar-refractivity contribution in [1.82, 2.24) is 0 Å². The number of hydrogen-bond donors (Lipinski definition) is 2. The second-order valence-electron chi connectivity index (χ2n) is 3.28. The summed E-state index contributed by atoms with van der Waals surface area (Å²) >= 11 is 0. The fourth-order valence-electron chi connectivity index (χ4n) is 1.25. The second kappa shape index (κ2) is 4.25. The first-order chi connectivity index (χ1) is 8.08. The molecule has 2 aromatic rings. The maximum Gasteiger partial charge on any atom is 0.291 e. The fraction of sp³-hybridized carbons (Fsp3) is 0. The van der Waals surface area contributed by atoms with Crippen LogP contribution in [0.4, 0.5) is 20.2 Å². The van der Waals surface area contributed by atoms with Crippen LogP contribution in [0.2, 0.25) is 0 Å². The van der Waals surface area contributed by atoms with Crippen molar-refractivity contribution < 1.29 is 18.0 Å². The van der Waals surface area contributed by atoms with E-state index < -0.39 is 17.5 Å². The average Bonchev–Trinajstić information content (AvgIpc) is 2.79. The predicted octanol–water partition coefficient (Wildman–Crippen LogP) is 2.39. The zero-order chi connectivity index (χ0) is 12.4. The van der Waals surface area contributed by atoms with Gasteiger partial charge in [-0.05, 0) is 18.2 Å². The molecule has 88 valence electrons. The van der Waals surface area contributed by atoms with Gasteiger partial charge in [-0.3, -0.25) is 4.79 Å². The number of carbonyl (C=O) groups is 1. The molecular weight excluding hydrogens is 230 g/mol. The van der Waals surface area contributed by atoms with Gasteiger partial charge in [-0.2, -0.15) is 0 Å². The molecule has 0 aliphatic rings. The predicted molar refractivity (Wildman–Crippen MR) is 57.4 cm³/mol. The number of carbonyl (C=O) groups excluding carboxylic acids is 1. The molecule has 0 aliphatic carbocycles. The number of nitrogens with one attached hydrogen (secondary N) is 1. The molecule has 0 atom stereocenters. The van der Waals surface area contributed by atoms with Gasteiger partial charge in [0.1, 0.15) is 11.6 Å². The van der Waals surface area contributed by atoms with Gasteiger partial charge in [-0.1, -0.05) is 0 Å². The van der Waals surface area contributed by atoms with Crippen molar-refractivity contribution >= 4 is 17.3 Å². The van der Waals surface area contributed by atoms with Crippen molar-refractivity contribution in [3.63, 3.8) is 0 Å². The summed E-state index contributed by atoms with van der Waals surface area (Å²) < 4.78 is 31.0. The summed E-state index contributed by atoms with van der Waals surface area (Å²) in [5.74, 6) is -2.40. The number of halogens is 2. The van der Waals surface area contributed by atoms with E-state index in [9.17, 15) is 13.6 Å². The van der Waals surface area contributed by atoms with Gasteiger partial charge in [0, 0.05) is 6.07 Å². The minimum atomic E-state index is -0.906. The van der Waals surface area contributed by atoms with E-state index in [1.54, 1.807) is 0 Å². The quantitative estimate of drug-likeness (QED) is 0.789. The third-order valence-corrected chi connectivity index (χ3v) is 2.08. The Hall–Kier alpha value is -2.37. The van der Waals surface area contributed by atoms with E-state index in [1.807, 2.05) is 0 Å². The Bertz CT molecular complexity index is 553. The Morgan fingerprint density at radius 3 is 2.71 bits per heavy atom. The number of anilines is 2. The normalized spacial score (nSPS) is 10.2. The maximum atomic E-state index is 13.3. The van der Waals surface area contributed by atoms with E-state index in [0.717, 1.165) is 6.07 Å². The van der Waals surface area contributed by atoms with Crippen molar-refractivity contribution in [2.45, 2.75) is 0 Å². The number of nitrogen functional groups attached to an aromatic ring is 1. The number of furan rings is 1. The topological polar surface area (TPSA) is 68.3 Å². The molecule has 6 heteroatoms. The van der Waals surface area contributed by atoms with Crippen LogP contribution in [0.3, 0.4) is 0 Å². The molecule has 4 nitrogen and oxygen atoms in total. The molecule has 1 amide bonds. The van der Waals surface area contributed by atoms with Crippen molar-refractivity contribution in [3.8, 4) is 0 Å². The van der Waals surface area contributed by atoms with E-state index in [1.165, 1.54) is 18.4 Å². The van der Waals surface area contributed by atoms with Crippen LogP contribution in [0.15, 0.2) is 34.9 Å². The van der Waals surface area contributed by atoms with E-state index >= 15 is 0 Å². The summed E-state index contributed by atoms with van der Waals surface area (Å²) in [6, 6.07) is 4.54. The standard InChI is InChI=1S/C11H8F2N2O2/c12-6-4-7(13)9(5-8(6)14)15-11(16)10-2-1-3-17-10/h1-5H,14H2,(H,15,16). The SMILES string of the molecule is Nc1cc(NC(=O)c2ccco2)c(F)cc1F. The van der Waals surface area contributed by atoms with E-state index in [4.69, 9.17) is 10.2 Å². The van der Waals surface area contributed by atoms with Crippen molar-refractivity contribution in [2.24, 2.45) is 0 Å². The smallest absolute Gasteiger partial charge is 0.291 e. The van der Waals surface area contributed by atoms with Crippen molar-refractivity contribution in [2.75, 3.05) is 11.1 Å². The van der Waals surface area contributed by atoms with Gasteiger partial charge < -0.3 is 15.5 Å². The summed E-state index contributed by atoms with van der Waals surface area (Å²) in [4.78, 5) is 11.5. The van der Waals surface area contributed by atoms with Gasteiger partial charge in [0.15, 0.2) is 5.76 Å². The Labute approximate surface area is 95.0 Å². The maximum absolute atomic E-state index is 13.3. The van der Waals surface area contributed by atoms with Gasteiger partial charge in [-0.15, -0.1) is 0 Å². The molecule has 0 unspecified atom stereocenters. The van der Waals surface area contributed by atoms with Crippen LogP contribution < -0.4 is 11.1 Å². The molecule has 0 aliphatic heterocycles. The zero-order valence-corrected chi connectivity index (χ0v) is 8.54. The van der Waals surface area contributed by atoms with Crippen LogP contribution in [-0.2, 0) is 0 Å². The van der Waals surface area contributed by atoms with Gasteiger partial charge in [0.2, 0.25) is 0 Å². The Balaban J connectivity index is 2.25. The summed E-state index contributed by atoms with van der Waals surface area (Å²) in [5.41, 5.74) is 4.82. The second-order valence-corrected chi connectivity index (χ2v) is 3.28. The lowest BCUT2D eigenvalue weighted by Gasteiger charge is -2.06. The monoisotopic (exact) mass is 238 g/mol. The first kappa shape index (κ1) is 11.1. The Morgan fingerprint density at radius 1 is 1.29 bits per heavy atom. The van der Waals surface area contributed by atoms with Gasteiger partial charge in [-0.25, -0.2) is 8.78 Å². The van der Waals surface area contributed by atoms with Crippen LogP contribution >= 0.6 is 0 Å². The lowest BCUT2D eigenvalue weighted by molar-refractivity contribution is 0.0996. The molecule has 1 aromatic carbocycles. The van der Waals surface area contributed by atoms with Gasteiger partial charge >= 0.3 is 0 Å². The molecule has 0 saturated carbocycles. The van der Waals surface area contributed by atoms with E-state index in [-0.39, 0.29) is 17.1 Å². The van der Waals surface area contributed by atoms with Crippen LogP contribution in [0.1, 0.15) is 10.6 Å². The molecular formula is C11H8F2N2O2. The number of amides is 1. The minimum Gasteiger partial charge on any atom is -0.459 e. The highest BCUT2D eigenvalue weighted by molar-refractivity contribution is 6.02. The number of benzene rings is 1. The molecule has 3 N–H and O–H groups in total. The summed E-state index contributed by atoms with van der Waals surface area (Å²) in [6.07, 6.45) is 1.31. The molecule has 0 fully saturated rings. The van der Waals surface area contributed by atoms with Crippen LogP contribution in [0.25, 0.3) is 0 Å². The highest BCUT2D eigenvalue weighted by atomic mass is 19.1. The largest absolute Gasteiger partial charge is 0.459 e. The van der Waals surface area contributed by atoms with E-state index in [2.05, 4.69) is 5.32 Å². The van der Waals surface area contributed by atoms with Crippen molar-refractivity contribution in [1.29, 1.82) is 0 Å². The van der Waals surface area contributed by atoms with Crippen molar-refractivity contribution in [3.05, 3.63) is 47.9 Å². The molecule has 0 radical (unpaired) electrons. The lowest BCUT2D eigenvalue weighted by atomic mass is 10.2. The summed E-state index contributed by atoms with van der Waals surface area (Å²) in [5, 5.41) is 2.23. The number of rotatable bonds is 2. The molecule has 0 bridgehead atoms. The van der Waals surface area contributed by atoms with E-state index in [0.29, 0.717) is 6.07 Å². The number of hydrogen-bond acceptors (Lipinski definition) is 3. The highest BCUT2D eigenvalue weighted by Gasteiger charge is 2.13. The molecule has 17 heavy (non-hydrogen) atoms. The van der Waals surface area contributed by atoms with Crippen LogP contribution in [-0.4, -0.2) is 5.91 Å². The third-order valence-electron chi connectivity index (χ3n) is 2.08. The summed E-state index contributed by atoms with van der Waals surface area (Å²) in [7, 11) is 0. The molecule has 2 rings (SSSR count). The molecule has 1 aromatic heterocycles. The third kappa shape index (κ3) is 2.25. The zero-order valence-electron chi connectivity index (χ0n) is 8.54. The summed E-state index contributed by atoms with van der Waals surface area (Å²) in [6.45, 7) is 0. The minimum absolute atomic E-state index is 0.0206. The molecule has 1 heterocycles. The van der Waals surface area contributed by atoms with Gasteiger partial charge in [0.25, 0.3) is 5.91 Å². The first-order valence-electron chi connectivity index (χ1n) is 4.67. The van der Waals surface area contributed by atoms with Crippen LogP contribution in [0.5, 0.6) is 0 Å². The lowest BCUT2D eigenvalue weighted by Crippen LogP contribution is -2.12. The Morgan fingerprint density at radius 2 is 2.06 bits per heavy atom. The van der Waals surface area contributed by atoms with Crippen LogP contribution in [0, 0.1) is 11.6 Å².